The van der Waals surface area contributed by atoms with Crippen LogP contribution >= 0.6 is 0 Å². The van der Waals surface area contributed by atoms with Gasteiger partial charge in [0.1, 0.15) is 5.75 Å². The quantitative estimate of drug-likeness (QED) is 0.677. The van der Waals surface area contributed by atoms with Gasteiger partial charge in [0.05, 0.1) is 10.6 Å². The molecule has 0 bridgehead atoms. The molecule has 1 amide bonds. The third-order valence-electron chi connectivity index (χ3n) is 2.69. The fourth-order valence-electron chi connectivity index (χ4n) is 1.70. The Labute approximate surface area is 123 Å². The zero-order chi connectivity index (χ0) is 16.1. The minimum atomic E-state index is -3.02. The first-order chi connectivity index (χ1) is 10.5. The minimum Gasteiger partial charge on any atom is -0.433 e. The van der Waals surface area contributed by atoms with E-state index in [1.807, 2.05) is 0 Å². The van der Waals surface area contributed by atoms with Crippen LogP contribution in [0.25, 0.3) is 0 Å². The Morgan fingerprint density at radius 2 is 1.77 bits per heavy atom. The van der Waals surface area contributed by atoms with Crippen molar-refractivity contribution < 1.29 is 23.2 Å². The van der Waals surface area contributed by atoms with Gasteiger partial charge in [-0.15, -0.1) is 0 Å². The van der Waals surface area contributed by atoms with Crippen molar-refractivity contribution in [3.8, 4) is 5.75 Å². The highest BCUT2D eigenvalue weighted by molar-refractivity contribution is 6.05. The van der Waals surface area contributed by atoms with Crippen LogP contribution in [0.15, 0.2) is 48.5 Å². The lowest BCUT2D eigenvalue weighted by atomic mass is 10.2. The van der Waals surface area contributed by atoms with E-state index in [1.165, 1.54) is 42.5 Å². The summed E-state index contributed by atoms with van der Waals surface area (Å²) in [5.41, 5.74) is 0.0709. The molecule has 0 aromatic heterocycles. The molecule has 0 atom stereocenters. The lowest BCUT2D eigenvalue weighted by molar-refractivity contribution is -0.384. The Bertz CT molecular complexity index is 689. The predicted octanol–water partition coefficient (Wildman–Crippen LogP) is 3.45. The molecule has 114 valence electrons. The van der Waals surface area contributed by atoms with Crippen molar-refractivity contribution >= 4 is 17.3 Å². The second-order valence-corrected chi connectivity index (χ2v) is 4.13. The first-order valence-corrected chi connectivity index (χ1v) is 6.07. The molecule has 0 heterocycles. The second kappa shape index (κ2) is 6.61. The smallest absolute Gasteiger partial charge is 0.387 e. The molecule has 22 heavy (non-hydrogen) atoms. The normalized spacial score (nSPS) is 10.3. The standard InChI is InChI=1S/C14H10F2N2O4/c15-14(16)22-12-4-2-1-3-11(12)17-13(19)9-5-7-10(8-6-9)18(20)21/h1-8,14H,(H,17,19). The summed E-state index contributed by atoms with van der Waals surface area (Å²) < 4.78 is 28.9. The molecule has 2 aromatic rings. The van der Waals surface area contributed by atoms with Gasteiger partial charge in [0.25, 0.3) is 11.6 Å². The Morgan fingerprint density at radius 1 is 1.14 bits per heavy atom. The molecule has 0 saturated carbocycles. The van der Waals surface area contributed by atoms with Gasteiger partial charge >= 0.3 is 6.61 Å². The van der Waals surface area contributed by atoms with Crippen molar-refractivity contribution in [1.82, 2.24) is 0 Å². The number of hydrogen-bond donors (Lipinski definition) is 1. The predicted molar refractivity (Wildman–Crippen MR) is 74.1 cm³/mol. The van der Waals surface area contributed by atoms with E-state index in [2.05, 4.69) is 10.1 Å². The number of non-ortho nitro benzene ring substituents is 1. The molecule has 2 rings (SSSR count). The van der Waals surface area contributed by atoms with Crippen LogP contribution < -0.4 is 10.1 Å². The summed E-state index contributed by atoms with van der Waals surface area (Å²) in [6.45, 7) is -3.02. The van der Waals surface area contributed by atoms with E-state index in [-0.39, 0.29) is 22.7 Å². The molecule has 6 nitrogen and oxygen atoms in total. The monoisotopic (exact) mass is 308 g/mol. The summed E-state index contributed by atoms with van der Waals surface area (Å²) in [6, 6.07) is 10.6. The van der Waals surface area contributed by atoms with Crippen LogP contribution in [0.2, 0.25) is 0 Å². The Kier molecular flexibility index (Phi) is 4.62. The summed E-state index contributed by atoms with van der Waals surface area (Å²) in [6.07, 6.45) is 0. The van der Waals surface area contributed by atoms with Gasteiger partial charge in [0, 0.05) is 17.7 Å². The number of para-hydroxylation sites is 2. The van der Waals surface area contributed by atoms with E-state index in [4.69, 9.17) is 0 Å². The van der Waals surface area contributed by atoms with E-state index in [1.54, 1.807) is 6.07 Å². The molecule has 1 N–H and O–H groups in total. The van der Waals surface area contributed by atoms with Gasteiger partial charge in [-0.1, -0.05) is 12.1 Å². The van der Waals surface area contributed by atoms with Gasteiger partial charge in [-0.2, -0.15) is 8.78 Å². The number of nitro groups is 1. The number of halogens is 2. The summed E-state index contributed by atoms with van der Waals surface area (Å²) in [7, 11) is 0. The van der Waals surface area contributed by atoms with Crippen molar-refractivity contribution in [3.05, 3.63) is 64.2 Å². The van der Waals surface area contributed by atoms with E-state index < -0.39 is 17.4 Å². The average Bonchev–Trinajstić information content (AvgIpc) is 2.48. The van der Waals surface area contributed by atoms with Gasteiger partial charge in [-0.05, 0) is 24.3 Å². The number of anilines is 1. The van der Waals surface area contributed by atoms with E-state index in [0.717, 1.165) is 0 Å². The second-order valence-electron chi connectivity index (χ2n) is 4.13. The van der Waals surface area contributed by atoms with Crippen LogP contribution in [0.1, 0.15) is 10.4 Å². The molecular formula is C14H10F2N2O4. The summed E-state index contributed by atoms with van der Waals surface area (Å²) in [4.78, 5) is 22.0. The van der Waals surface area contributed by atoms with Crippen LogP contribution in [-0.4, -0.2) is 17.4 Å². The van der Waals surface area contributed by atoms with Crippen LogP contribution in [0.4, 0.5) is 20.2 Å². The number of carbonyl (C=O) groups excluding carboxylic acids is 1. The number of nitrogens with zero attached hydrogens (tertiary/aromatic N) is 1. The third-order valence-corrected chi connectivity index (χ3v) is 2.69. The van der Waals surface area contributed by atoms with Crippen LogP contribution in [-0.2, 0) is 0 Å². The lowest BCUT2D eigenvalue weighted by Crippen LogP contribution is -2.13. The number of carbonyl (C=O) groups is 1. The van der Waals surface area contributed by atoms with Crippen molar-refractivity contribution in [2.45, 2.75) is 6.61 Å². The molecule has 0 fully saturated rings. The van der Waals surface area contributed by atoms with Crippen LogP contribution in [0.3, 0.4) is 0 Å². The zero-order valence-electron chi connectivity index (χ0n) is 11.0. The summed E-state index contributed by atoms with van der Waals surface area (Å²) in [5, 5.41) is 13.0. The van der Waals surface area contributed by atoms with Crippen LogP contribution in [0, 0.1) is 10.1 Å². The molecule has 0 saturated heterocycles. The molecular weight excluding hydrogens is 298 g/mol. The molecule has 0 unspecified atom stereocenters. The van der Waals surface area contributed by atoms with E-state index in [9.17, 15) is 23.7 Å². The highest BCUT2D eigenvalue weighted by Crippen LogP contribution is 2.26. The topological polar surface area (TPSA) is 81.5 Å². The maximum Gasteiger partial charge on any atom is 0.387 e. The average molecular weight is 308 g/mol. The number of ether oxygens (including phenoxy) is 1. The minimum absolute atomic E-state index is 0.0751. The first kappa shape index (κ1) is 15.4. The van der Waals surface area contributed by atoms with Crippen molar-refractivity contribution in [2.24, 2.45) is 0 Å². The summed E-state index contributed by atoms with van der Waals surface area (Å²) >= 11 is 0. The Morgan fingerprint density at radius 3 is 2.36 bits per heavy atom. The number of alkyl halides is 2. The Hall–Kier alpha value is -3.03. The molecule has 0 aliphatic carbocycles. The largest absolute Gasteiger partial charge is 0.433 e. The molecule has 0 aliphatic rings. The van der Waals surface area contributed by atoms with Gasteiger partial charge in [0.15, 0.2) is 0 Å². The number of nitrogens with one attached hydrogen (secondary N) is 1. The maximum absolute atomic E-state index is 12.3. The highest BCUT2D eigenvalue weighted by Gasteiger charge is 2.13. The number of benzene rings is 2. The van der Waals surface area contributed by atoms with Gasteiger partial charge < -0.3 is 10.1 Å². The first-order valence-electron chi connectivity index (χ1n) is 6.07. The maximum atomic E-state index is 12.3. The van der Waals surface area contributed by atoms with Gasteiger partial charge in [-0.25, -0.2) is 0 Å². The highest BCUT2D eigenvalue weighted by atomic mass is 19.3. The number of amides is 1. The third kappa shape index (κ3) is 3.75. The van der Waals surface area contributed by atoms with E-state index in [0.29, 0.717) is 0 Å². The fraction of sp³-hybridized carbons (Fsp3) is 0.0714. The van der Waals surface area contributed by atoms with Gasteiger partial charge in [-0.3, -0.25) is 14.9 Å². The Balaban J connectivity index is 2.16. The number of rotatable bonds is 5. The molecule has 8 heteroatoms. The number of nitro benzene ring substituents is 1. The lowest BCUT2D eigenvalue weighted by Gasteiger charge is -2.11. The van der Waals surface area contributed by atoms with Crippen LogP contribution in [0.5, 0.6) is 5.75 Å². The zero-order valence-corrected chi connectivity index (χ0v) is 11.0. The van der Waals surface area contributed by atoms with Crippen molar-refractivity contribution in [2.75, 3.05) is 5.32 Å². The molecule has 2 aromatic carbocycles. The number of hydrogen-bond acceptors (Lipinski definition) is 4. The van der Waals surface area contributed by atoms with Gasteiger partial charge in [0.2, 0.25) is 0 Å². The molecule has 0 radical (unpaired) electrons. The SMILES string of the molecule is O=C(Nc1ccccc1OC(F)F)c1ccc([N+](=O)[O-])cc1. The molecule has 0 spiro atoms. The van der Waals surface area contributed by atoms with Crippen molar-refractivity contribution in [3.63, 3.8) is 0 Å². The summed E-state index contributed by atoms with van der Waals surface area (Å²) in [5.74, 6) is -0.770. The van der Waals surface area contributed by atoms with Crippen molar-refractivity contribution in [1.29, 1.82) is 0 Å². The van der Waals surface area contributed by atoms with E-state index >= 15 is 0 Å². The fourth-order valence-corrected chi connectivity index (χ4v) is 1.70. The molecule has 0 aliphatic heterocycles.